The van der Waals surface area contributed by atoms with Crippen LogP contribution < -0.4 is 10.9 Å². The lowest BCUT2D eigenvalue weighted by atomic mass is 10.2. The van der Waals surface area contributed by atoms with Crippen molar-refractivity contribution in [2.45, 2.75) is 13.1 Å². The van der Waals surface area contributed by atoms with Crippen molar-refractivity contribution in [3.05, 3.63) is 75.9 Å². The fourth-order valence-electron chi connectivity index (χ4n) is 2.12. The summed E-state index contributed by atoms with van der Waals surface area (Å²) in [5.74, 6) is -0.638. The van der Waals surface area contributed by atoms with Gasteiger partial charge in [-0.05, 0) is 29.1 Å². The Bertz CT molecular complexity index is 889. The summed E-state index contributed by atoms with van der Waals surface area (Å²) in [7, 11) is 0. The largest absolute Gasteiger partial charge is 0.350 e. The number of carbonyl (C=O) groups is 1. The van der Waals surface area contributed by atoms with Gasteiger partial charge in [-0.15, -0.1) is 11.3 Å². The second-order valence-electron chi connectivity index (χ2n) is 5.12. The predicted molar refractivity (Wildman–Crippen MR) is 90.1 cm³/mol. The number of aromatic nitrogens is 2. The monoisotopic (exact) mass is 343 g/mol. The highest BCUT2D eigenvalue weighted by Crippen LogP contribution is 2.20. The number of rotatable bonds is 5. The lowest BCUT2D eigenvalue weighted by molar-refractivity contribution is -0.121. The van der Waals surface area contributed by atoms with Gasteiger partial charge < -0.3 is 5.32 Å². The molecule has 1 N–H and O–H groups in total. The molecule has 7 heteroatoms. The molecule has 3 aromatic rings. The van der Waals surface area contributed by atoms with Crippen LogP contribution in [0.4, 0.5) is 4.39 Å². The van der Waals surface area contributed by atoms with E-state index in [9.17, 15) is 14.0 Å². The van der Waals surface area contributed by atoms with E-state index >= 15 is 0 Å². The maximum Gasteiger partial charge on any atom is 0.254 e. The number of hydrogen-bond donors (Lipinski definition) is 1. The van der Waals surface area contributed by atoms with Gasteiger partial charge in [0.1, 0.15) is 12.4 Å². The Labute approximate surface area is 141 Å². The minimum Gasteiger partial charge on any atom is -0.350 e. The molecule has 0 aliphatic heterocycles. The molecule has 24 heavy (non-hydrogen) atoms. The summed E-state index contributed by atoms with van der Waals surface area (Å²) in [6.07, 6.45) is 1.37. The molecule has 1 amide bonds. The van der Waals surface area contributed by atoms with E-state index in [4.69, 9.17) is 0 Å². The van der Waals surface area contributed by atoms with Crippen molar-refractivity contribution < 1.29 is 9.18 Å². The molecule has 0 radical (unpaired) electrons. The maximum atomic E-state index is 12.8. The summed E-state index contributed by atoms with van der Waals surface area (Å²) in [6.45, 7) is 0.159. The number of nitrogens with one attached hydrogen (secondary N) is 1. The third kappa shape index (κ3) is 3.94. The van der Waals surface area contributed by atoms with Crippen molar-refractivity contribution in [1.29, 1.82) is 0 Å². The highest BCUT2D eigenvalue weighted by atomic mass is 32.1. The number of thiophene rings is 1. The zero-order valence-electron chi connectivity index (χ0n) is 12.6. The van der Waals surface area contributed by atoms with Crippen molar-refractivity contribution in [3.8, 4) is 10.6 Å². The lowest BCUT2D eigenvalue weighted by Crippen LogP contribution is -2.31. The standard InChI is InChI=1S/C17H14FN3O2S/c18-13-5-3-12(4-6-13)9-19-16(22)10-21-11-20-14(8-17(21)23)15-2-1-7-24-15/h1-8,11H,9-10H2,(H,19,22). The number of amides is 1. The van der Waals surface area contributed by atoms with Crippen LogP contribution in [0.5, 0.6) is 0 Å². The van der Waals surface area contributed by atoms with Crippen molar-refractivity contribution in [1.82, 2.24) is 14.9 Å². The van der Waals surface area contributed by atoms with Crippen LogP contribution in [0.1, 0.15) is 5.56 Å². The second-order valence-corrected chi connectivity index (χ2v) is 6.07. The summed E-state index contributed by atoms with van der Waals surface area (Å²) in [5.41, 5.74) is 1.09. The first kappa shape index (κ1) is 16.1. The van der Waals surface area contributed by atoms with E-state index in [-0.39, 0.29) is 30.4 Å². The number of nitrogens with zero attached hydrogens (tertiary/aromatic N) is 2. The summed E-state index contributed by atoms with van der Waals surface area (Å²) in [5, 5.41) is 4.60. The van der Waals surface area contributed by atoms with E-state index in [2.05, 4.69) is 10.3 Å². The van der Waals surface area contributed by atoms with Gasteiger partial charge in [-0.1, -0.05) is 18.2 Å². The Morgan fingerprint density at radius 2 is 2.04 bits per heavy atom. The van der Waals surface area contributed by atoms with Crippen molar-refractivity contribution >= 4 is 17.2 Å². The molecule has 1 aromatic carbocycles. The molecule has 0 atom stereocenters. The van der Waals surface area contributed by atoms with Gasteiger partial charge in [-0.2, -0.15) is 0 Å². The van der Waals surface area contributed by atoms with E-state index in [0.29, 0.717) is 5.69 Å². The summed E-state index contributed by atoms with van der Waals surface area (Å²) >= 11 is 1.49. The first-order chi connectivity index (χ1) is 11.6. The van der Waals surface area contributed by atoms with E-state index < -0.39 is 0 Å². The van der Waals surface area contributed by atoms with E-state index in [1.165, 1.54) is 40.4 Å². The van der Waals surface area contributed by atoms with Gasteiger partial charge in [0, 0.05) is 12.6 Å². The minimum atomic E-state index is -0.325. The minimum absolute atomic E-state index is 0.113. The van der Waals surface area contributed by atoms with E-state index in [0.717, 1.165) is 10.4 Å². The zero-order valence-corrected chi connectivity index (χ0v) is 13.4. The molecule has 0 unspecified atom stereocenters. The third-order valence-electron chi connectivity index (χ3n) is 3.37. The average Bonchev–Trinajstić information content (AvgIpc) is 3.11. The van der Waals surface area contributed by atoms with Crippen LogP contribution in [-0.2, 0) is 17.9 Å². The highest BCUT2D eigenvalue weighted by Gasteiger charge is 2.07. The molecule has 3 rings (SSSR count). The predicted octanol–water partition coefficient (Wildman–Crippen LogP) is 2.43. The molecule has 2 heterocycles. The van der Waals surface area contributed by atoms with Crippen LogP contribution in [0.25, 0.3) is 10.6 Å². The Morgan fingerprint density at radius 3 is 2.71 bits per heavy atom. The van der Waals surface area contributed by atoms with E-state index in [1.54, 1.807) is 12.1 Å². The Kier molecular flexibility index (Phi) is 4.81. The Balaban J connectivity index is 1.62. The molecule has 122 valence electrons. The molecule has 5 nitrogen and oxygen atoms in total. The quantitative estimate of drug-likeness (QED) is 0.774. The molecule has 0 fully saturated rings. The molecule has 0 aliphatic rings. The summed E-state index contributed by atoms with van der Waals surface area (Å²) in [4.78, 5) is 29.2. The maximum absolute atomic E-state index is 12.8. The summed E-state index contributed by atoms with van der Waals surface area (Å²) < 4.78 is 14.1. The highest BCUT2D eigenvalue weighted by molar-refractivity contribution is 7.13. The van der Waals surface area contributed by atoms with Gasteiger partial charge in [-0.25, -0.2) is 9.37 Å². The smallest absolute Gasteiger partial charge is 0.254 e. The van der Waals surface area contributed by atoms with Crippen LogP contribution in [0, 0.1) is 5.82 Å². The molecule has 0 saturated carbocycles. The van der Waals surface area contributed by atoms with Gasteiger partial charge in [0.05, 0.1) is 16.9 Å². The summed E-state index contributed by atoms with van der Waals surface area (Å²) in [6, 6.07) is 11.0. The SMILES string of the molecule is O=C(Cn1cnc(-c2cccs2)cc1=O)NCc1ccc(F)cc1. The molecule has 0 aliphatic carbocycles. The second kappa shape index (κ2) is 7.18. The van der Waals surface area contributed by atoms with Gasteiger partial charge in [0.15, 0.2) is 0 Å². The first-order valence-electron chi connectivity index (χ1n) is 7.23. The fraction of sp³-hybridized carbons (Fsp3) is 0.118. The van der Waals surface area contributed by atoms with Crippen LogP contribution in [-0.4, -0.2) is 15.5 Å². The molecular weight excluding hydrogens is 329 g/mol. The van der Waals surface area contributed by atoms with Gasteiger partial charge >= 0.3 is 0 Å². The Morgan fingerprint density at radius 1 is 1.25 bits per heavy atom. The van der Waals surface area contributed by atoms with Crippen molar-refractivity contribution in [3.63, 3.8) is 0 Å². The zero-order chi connectivity index (χ0) is 16.9. The molecule has 0 bridgehead atoms. The number of hydrogen-bond acceptors (Lipinski definition) is 4. The van der Waals surface area contributed by atoms with Gasteiger partial charge in [0.2, 0.25) is 5.91 Å². The van der Waals surface area contributed by atoms with Crippen LogP contribution in [0.2, 0.25) is 0 Å². The van der Waals surface area contributed by atoms with Crippen molar-refractivity contribution in [2.24, 2.45) is 0 Å². The average molecular weight is 343 g/mol. The molecule has 0 spiro atoms. The van der Waals surface area contributed by atoms with Gasteiger partial charge in [0.25, 0.3) is 5.56 Å². The Hall–Kier alpha value is -2.80. The van der Waals surface area contributed by atoms with E-state index in [1.807, 2.05) is 17.5 Å². The molecule has 2 aromatic heterocycles. The van der Waals surface area contributed by atoms with Crippen LogP contribution in [0.3, 0.4) is 0 Å². The first-order valence-corrected chi connectivity index (χ1v) is 8.11. The van der Waals surface area contributed by atoms with Gasteiger partial charge in [-0.3, -0.25) is 14.2 Å². The van der Waals surface area contributed by atoms with Crippen LogP contribution >= 0.6 is 11.3 Å². The van der Waals surface area contributed by atoms with Crippen molar-refractivity contribution in [2.75, 3.05) is 0 Å². The number of benzene rings is 1. The number of halogens is 1. The van der Waals surface area contributed by atoms with Crippen LogP contribution in [0.15, 0.2) is 59.0 Å². The third-order valence-corrected chi connectivity index (χ3v) is 4.26. The lowest BCUT2D eigenvalue weighted by Gasteiger charge is -2.07. The molecule has 0 saturated heterocycles. The fourth-order valence-corrected chi connectivity index (χ4v) is 2.81. The molecular formula is C17H14FN3O2S. The normalized spacial score (nSPS) is 10.5. The number of carbonyl (C=O) groups excluding carboxylic acids is 1. The topological polar surface area (TPSA) is 64.0 Å².